The lowest BCUT2D eigenvalue weighted by molar-refractivity contribution is 0.600. The smallest absolute Gasteiger partial charge is 0.130 e. The first kappa shape index (κ1) is 12.0. The number of nitrogens with zero attached hydrogens (tertiary/aromatic N) is 3. The largest absolute Gasteiger partial charge is 0.359 e. The molecule has 0 fully saturated rings. The highest BCUT2D eigenvalue weighted by molar-refractivity contribution is 7.09. The van der Waals surface area contributed by atoms with Gasteiger partial charge in [0.05, 0.1) is 5.54 Å². The minimum absolute atomic E-state index is 0.215. The van der Waals surface area contributed by atoms with Crippen LogP contribution in [0.1, 0.15) is 31.5 Å². The van der Waals surface area contributed by atoms with Crippen LogP contribution in [0.25, 0.3) is 0 Å². The Kier molecular flexibility index (Phi) is 3.38. The zero-order chi connectivity index (χ0) is 12.3. The number of aromatic nitrogens is 3. The first-order valence-electron chi connectivity index (χ1n) is 5.61. The Morgan fingerprint density at radius 1 is 1.29 bits per heavy atom. The van der Waals surface area contributed by atoms with Crippen LogP contribution < -0.4 is 5.32 Å². The molecule has 0 bridgehead atoms. The van der Waals surface area contributed by atoms with Gasteiger partial charge in [-0.1, -0.05) is 6.92 Å². The molecule has 2 rings (SSSR count). The van der Waals surface area contributed by atoms with E-state index in [1.165, 1.54) is 0 Å². The van der Waals surface area contributed by atoms with Crippen molar-refractivity contribution in [2.45, 2.75) is 32.7 Å². The SMILES string of the molecule is CCc1cc(NC(C)(C)c2nccs2)ncn1. The number of hydrogen-bond acceptors (Lipinski definition) is 5. The third-order valence-electron chi connectivity index (χ3n) is 2.49. The number of anilines is 1. The molecule has 0 aliphatic heterocycles. The second kappa shape index (κ2) is 4.79. The van der Waals surface area contributed by atoms with E-state index in [4.69, 9.17) is 0 Å². The van der Waals surface area contributed by atoms with E-state index in [0.717, 1.165) is 22.9 Å². The molecule has 0 saturated heterocycles. The summed E-state index contributed by atoms with van der Waals surface area (Å²) in [5, 5.41) is 6.42. The van der Waals surface area contributed by atoms with Crippen molar-refractivity contribution in [3.05, 3.63) is 34.7 Å². The van der Waals surface area contributed by atoms with Gasteiger partial charge in [0.15, 0.2) is 0 Å². The molecule has 2 aromatic rings. The van der Waals surface area contributed by atoms with E-state index in [0.29, 0.717) is 0 Å². The summed E-state index contributed by atoms with van der Waals surface area (Å²) >= 11 is 1.64. The summed E-state index contributed by atoms with van der Waals surface area (Å²) in [5.41, 5.74) is 0.825. The summed E-state index contributed by atoms with van der Waals surface area (Å²) in [4.78, 5) is 12.8. The Hall–Kier alpha value is -1.49. The average Bonchev–Trinajstić information content (AvgIpc) is 2.83. The summed E-state index contributed by atoms with van der Waals surface area (Å²) in [5.74, 6) is 0.844. The minimum Gasteiger partial charge on any atom is -0.359 e. The van der Waals surface area contributed by atoms with Gasteiger partial charge in [-0.2, -0.15) is 0 Å². The van der Waals surface area contributed by atoms with Gasteiger partial charge >= 0.3 is 0 Å². The number of thiazole rings is 1. The summed E-state index contributed by atoms with van der Waals surface area (Å²) in [6.07, 6.45) is 4.33. The van der Waals surface area contributed by atoms with Crippen LogP contribution in [0.4, 0.5) is 5.82 Å². The molecule has 1 N–H and O–H groups in total. The van der Waals surface area contributed by atoms with E-state index in [1.807, 2.05) is 17.6 Å². The van der Waals surface area contributed by atoms with Crippen molar-refractivity contribution in [2.75, 3.05) is 5.32 Å². The molecule has 0 aromatic carbocycles. The summed E-state index contributed by atoms with van der Waals surface area (Å²) in [6, 6.07) is 1.98. The quantitative estimate of drug-likeness (QED) is 0.904. The molecule has 0 atom stereocenters. The third-order valence-corrected chi connectivity index (χ3v) is 3.59. The number of hydrogen-bond donors (Lipinski definition) is 1. The second-order valence-electron chi connectivity index (χ2n) is 4.34. The molecule has 17 heavy (non-hydrogen) atoms. The van der Waals surface area contributed by atoms with Crippen LogP contribution in [-0.4, -0.2) is 15.0 Å². The Morgan fingerprint density at radius 3 is 2.76 bits per heavy atom. The normalized spacial score (nSPS) is 11.5. The molecule has 4 nitrogen and oxygen atoms in total. The fraction of sp³-hybridized carbons (Fsp3) is 0.417. The van der Waals surface area contributed by atoms with Crippen LogP contribution in [0.15, 0.2) is 24.0 Å². The van der Waals surface area contributed by atoms with Gasteiger partial charge in [0.2, 0.25) is 0 Å². The van der Waals surface area contributed by atoms with Gasteiger partial charge < -0.3 is 5.32 Å². The zero-order valence-corrected chi connectivity index (χ0v) is 11.1. The molecule has 90 valence electrons. The van der Waals surface area contributed by atoms with Crippen LogP contribution in [0.3, 0.4) is 0 Å². The van der Waals surface area contributed by atoms with Crippen molar-refractivity contribution >= 4 is 17.2 Å². The molecular formula is C12H16N4S. The van der Waals surface area contributed by atoms with Gasteiger partial charge in [0.25, 0.3) is 0 Å². The molecule has 0 saturated carbocycles. The highest BCUT2D eigenvalue weighted by Gasteiger charge is 2.23. The molecule has 2 aromatic heterocycles. The Morgan fingerprint density at radius 2 is 2.12 bits per heavy atom. The van der Waals surface area contributed by atoms with Crippen molar-refractivity contribution in [3.8, 4) is 0 Å². The summed E-state index contributed by atoms with van der Waals surface area (Å²) in [6.45, 7) is 6.28. The minimum atomic E-state index is -0.215. The van der Waals surface area contributed by atoms with E-state index in [-0.39, 0.29) is 5.54 Å². The lowest BCUT2D eigenvalue weighted by Gasteiger charge is -2.24. The van der Waals surface area contributed by atoms with Crippen molar-refractivity contribution in [1.82, 2.24) is 15.0 Å². The van der Waals surface area contributed by atoms with E-state index in [2.05, 4.69) is 41.0 Å². The van der Waals surface area contributed by atoms with Crippen molar-refractivity contribution in [3.63, 3.8) is 0 Å². The lowest BCUT2D eigenvalue weighted by atomic mass is 10.1. The predicted octanol–water partition coefficient (Wildman–Crippen LogP) is 2.84. The molecule has 0 amide bonds. The van der Waals surface area contributed by atoms with Gasteiger partial charge in [0.1, 0.15) is 17.2 Å². The van der Waals surface area contributed by atoms with E-state index in [9.17, 15) is 0 Å². The summed E-state index contributed by atoms with van der Waals surface area (Å²) in [7, 11) is 0. The maximum Gasteiger partial charge on any atom is 0.130 e. The Balaban J connectivity index is 2.20. The predicted molar refractivity (Wildman–Crippen MR) is 70.2 cm³/mol. The molecule has 0 radical (unpaired) electrons. The van der Waals surface area contributed by atoms with Crippen molar-refractivity contribution in [1.29, 1.82) is 0 Å². The Labute approximate surface area is 105 Å². The van der Waals surface area contributed by atoms with E-state index < -0.39 is 0 Å². The fourth-order valence-electron chi connectivity index (χ4n) is 1.57. The third kappa shape index (κ3) is 2.79. The molecule has 0 aliphatic carbocycles. The highest BCUT2D eigenvalue weighted by atomic mass is 32.1. The second-order valence-corrected chi connectivity index (χ2v) is 5.23. The first-order valence-corrected chi connectivity index (χ1v) is 6.49. The Bertz CT molecular complexity index is 479. The standard InChI is InChI=1S/C12H16N4S/c1-4-9-7-10(15-8-14-9)16-12(2,3)11-13-5-6-17-11/h5-8H,4H2,1-3H3,(H,14,15,16). The lowest BCUT2D eigenvalue weighted by Crippen LogP contribution is -2.28. The molecule has 0 unspecified atom stereocenters. The van der Waals surface area contributed by atoms with Gasteiger partial charge in [-0.3, -0.25) is 0 Å². The first-order chi connectivity index (χ1) is 8.12. The van der Waals surface area contributed by atoms with Crippen LogP contribution in [0.2, 0.25) is 0 Å². The number of rotatable bonds is 4. The topological polar surface area (TPSA) is 50.7 Å². The molecule has 2 heterocycles. The van der Waals surface area contributed by atoms with Crippen LogP contribution in [0, 0.1) is 0 Å². The van der Waals surface area contributed by atoms with Gasteiger partial charge in [-0.05, 0) is 20.3 Å². The number of nitrogens with one attached hydrogen (secondary N) is 1. The van der Waals surface area contributed by atoms with E-state index in [1.54, 1.807) is 17.7 Å². The fourth-order valence-corrected chi connectivity index (χ4v) is 2.28. The van der Waals surface area contributed by atoms with Crippen molar-refractivity contribution in [2.24, 2.45) is 0 Å². The van der Waals surface area contributed by atoms with Crippen LogP contribution in [-0.2, 0) is 12.0 Å². The van der Waals surface area contributed by atoms with Gasteiger partial charge in [0, 0.05) is 23.3 Å². The van der Waals surface area contributed by atoms with E-state index >= 15 is 0 Å². The zero-order valence-electron chi connectivity index (χ0n) is 10.3. The molecule has 0 spiro atoms. The average molecular weight is 248 g/mol. The van der Waals surface area contributed by atoms with Crippen LogP contribution in [0.5, 0.6) is 0 Å². The van der Waals surface area contributed by atoms with Crippen molar-refractivity contribution < 1.29 is 0 Å². The van der Waals surface area contributed by atoms with Gasteiger partial charge in [-0.15, -0.1) is 11.3 Å². The summed E-state index contributed by atoms with van der Waals surface area (Å²) < 4.78 is 0. The maximum atomic E-state index is 4.34. The highest BCUT2D eigenvalue weighted by Crippen LogP contribution is 2.26. The molecule has 5 heteroatoms. The van der Waals surface area contributed by atoms with Gasteiger partial charge in [-0.25, -0.2) is 15.0 Å². The van der Waals surface area contributed by atoms with Crippen LogP contribution >= 0.6 is 11.3 Å². The maximum absolute atomic E-state index is 4.34. The molecule has 0 aliphatic rings. The molecular weight excluding hydrogens is 232 g/mol. The number of aryl methyl sites for hydroxylation is 1. The monoisotopic (exact) mass is 248 g/mol.